The third kappa shape index (κ3) is 5.36. The van der Waals surface area contributed by atoms with Crippen molar-refractivity contribution in [2.24, 2.45) is 13.0 Å². The number of hydrogen-bond acceptors (Lipinski definition) is 3. The average Bonchev–Trinajstić information content (AvgIpc) is 3.27. The van der Waals surface area contributed by atoms with E-state index in [0.717, 1.165) is 24.3 Å². The molecule has 0 aliphatic carbocycles. The van der Waals surface area contributed by atoms with Gasteiger partial charge in [0.15, 0.2) is 0 Å². The summed E-state index contributed by atoms with van der Waals surface area (Å²) in [5.41, 5.74) is -0.359. The summed E-state index contributed by atoms with van der Waals surface area (Å²) in [7, 11) is 1.76. The van der Waals surface area contributed by atoms with Gasteiger partial charge in [0.05, 0.1) is 5.56 Å². The Bertz CT molecular complexity index is 1200. The molecular formula is C25H24F4N4O2. The number of aromatic nitrogens is 2. The highest BCUT2D eigenvalue weighted by Crippen LogP contribution is 2.30. The molecule has 1 atom stereocenters. The molecule has 1 fully saturated rings. The number of imidazole rings is 1. The van der Waals surface area contributed by atoms with E-state index >= 15 is 0 Å². The number of benzene rings is 2. The average molecular weight is 488 g/mol. The number of likely N-dealkylation sites (tertiary alicyclic amines) is 1. The van der Waals surface area contributed by atoms with Crippen LogP contribution in [0.15, 0.2) is 60.9 Å². The van der Waals surface area contributed by atoms with E-state index in [-0.39, 0.29) is 30.5 Å². The molecule has 184 valence electrons. The Balaban J connectivity index is 1.41. The highest BCUT2D eigenvalue weighted by atomic mass is 19.4. The molecule has 3 aromatic rings. The zero-order valence-electron chi connectivity index (χ0n) is 18.9. The van der Waals surface area contributed by atoms with Crippen molar-refractivity contribution in [3.63, 3.8) is 0 Å². The molecule has 1 aliphatic heterocycles. The molecule has 35 heavy (non-hydrogen) atoms. The van der Waals surface area contributed by atoms with Crippen molar-refractivity contribution in [2.45, 2.75) is 25.1 Å². The van der Waals surface area contributed by atoms with Crippen LogP contribution in [-0.2, 0) is 18.0 Å². The molecule has 4 rings (SSSR count). The van der Waals surface area contributed by atoms with Crippen LogP contribution >= 0.6 is 0 Å². The first-order valence-electron chi connectivity index (χ1n) is 11.1. The van der Waals surface area contributed by atoms with E-state index in [1.54, 1.807) is 42.2 Å². The zero-order chi connectivity index (χ0) is 25.2. The van der Waals surface area contributed by atoms with Gasteiger partial charge >= 0.3 is 6.18 Å². The predicted molar refractivity (Wildman–Crippen MR) is 120 cm³/mol. The molecule has 2 aromatic carbocycles. The first-order valence-corrected chi connectivity index (χ1v) is 11.1. The van der Waals surface area contributed by atoms with Crippen LogP contribution in [0.1, 0.15) is 46.2 Å². The van der Waals surface area contributed by atoms with Crippen molar-refractivity contribution in [3.8, 4) is 0 Å². The number of rotatable bonds is 5. The Morgan fingerprint density at radius 2 is 1.71 bits per heavy atom. The van der Waals surface area contributed by atoms with E-state index in [1.165, 1.54) is 11.0 Å². The predicted octanol–water partition coefficient (Wildman–Crippen LogP) is 4.34. The molecular weight excluding hydrogens is 464 g/mol. The Labute approximate surface area is 199 Å². The number of aryl methyl sites for hydroxylation is 1. The Morgan fingerprint density at radius 3 is 2.29 bits per heavy atom. The number of carbonyl (C=O) groups is 2. The minimum atomic E-state index is -4.47. The van der Waals surface area contributed by atoms with Gasteiger partial charge in [0.2, 0.25) is 5.91 Å². The molecule has 1 unspecified atom stereocenters. The van der Waals surface area contributed by atoms with Crippen LogP contribution < -0.4 is 5.32 Å². The van der Waals surface area contributed by atoms with E-state index in [1.807, 2.05) is 0 Å². The van der Waals surface area contributed by atoms with Gasteiger partial charge in [0, 0.05) is 49.6 Å². The molecule has 2 amide bonds. The molecule has 0 bridgehead atoms. The second kappa shape index (κ2) is 9.89. The molecule has 6 nitrogen and oxygen atoms in total. The van der Waals surface area contributed by atoms with Gasteiger partial charge in [-0.15, -0.1) is 0 Å². The quantitative estimate of drug-likeness (QED) is 0.544. The fraction of sp³-hybridized carbons (Fsp3) is 0.320. The maximum Gasteiger partial charge on any atom is 0.416 e. The Kier molecular flexibility index (Phi) is 6.90. The van der Waals surface area contributed by atoms with Gasteiger partial charge in [0.1, 0.15) is 17.7 Å². The maximum absolute atomic E-state index is 14.6. The second-order valence-corrected chi connectivity index (χ2v) is 8.50. The smallest absolute Gasteiger partial charge is 0.342 e. The molecule has 10 heteroatoms. The number of nitrogens with zero attached hydrogens (tertiary/aromatic N) is 3. The van der Waals surface area contributed by atoms with Gasteiger partial charge < -0.3 is 14.8 Å². The summed E-state index contributed by atoms with van der Waals surface area (Å²) in [5, 5.41) is 2.91. The van der Waals surface area contributed by atoms with Crippen LogP contribution in [0.2, 0.25) is 0 Å². The first-order chi connectivity index (χ1) is 16.6. The van der Waals surface area contributed by atoms with E-state index in [9.17, 15) is 27.2 Å². The van der Waals surface area contributed by atoms with Crippen LogP contribution in [0.25, 0.3) is 0 Å². The van der Waals surface area contributed by atoms with Gasteiger partial charge in [-0.3, -0.25) is 9.59 Å². The van der Waals surface area contributed by atoms with Crippen molar-refractivity contribution >= 4 is 11.8 Å². The maximum atomic E-state index is 14.6. The van der Waals surface area contributed by atoms with Gasteiger partial charge in [-0.1, -0.05) is 18.2 Å². The van der Waals surface area contributed by atoms with Crippen LogP contribution in [0.5, 0.6) is 0 Å². The lowest BCUT2D eigenvalue weighted by Gasteiger charge is -2.32. The summed E-state index contributed by atoms with van der Waals surface area (Å²) in [6, 6.07) is 9.48. The minimum Gasteiger partial charge on any atom is -0.342 e. The number of carbonyl (C=O) groups excluding carboxylic acids is 2. The summed E-state index contributed by atoms with van der Waals surface area (Å²) < 4.78 is 54.6. The molecule has 0 saturated carbocycles. The molecule has 1 saturated heterocycles. The Hall–Kier alpha value is -3.69. The normalized spacial score (nSPS) is 15.6. The largest absolute Gasteiger partial charge is 0.416 e. The summed E-state index contributed by atoms with van der Waals surface area (Å²) in [5.74, 6) is -1.03. The standard InChI is InChI=1S/C25H24F4N4O2/c1-32-15-12-30-22(32)21(19-4-2-3-5-20(19)26)31-23(34)16-10-13-33(14-11-16)24(35)17-6-8-18(9-7-17)25(27,28)29/h2-9,12,15-16,21H,10-11,13-14H2,1H3,(H,31,34). The van der Waals surface area contributed by atoms with Crippen LogP contribution in [0.3, 0.4) is 0 Å². The number of nitrogens with one attached hydrogen (secondary N) is 1. The van der Waals surface area contributed by atoms with Gasteiger partial charge in [-0.2, -0.15) is 13.2 Å². The fourth-order valence-electron chi connectivity index (χ4n) is 4.24. The fourth-order valence-corrected chi connectivity index (χ4v) is 4.24. The van der Waals surface area contributed by atoms with E-state index in [0.29, 0.717) is 24.2 Å². The van der Waals surface area contributed by atoms with Gasteiger partial charge in [0.25, 0.3) is 5.91 Å². The molecule has 2 heterocycles. The van der Waals surface area contributed by atoms with Crippen LogP contribution in [0, 0.1) is 11.7 Å². The lowest BCUT2D eigenvalue weighted by molar-refractivity contribution is -0.137. The van der Waals surface area contributed by atoms with Gasteiger partial charge in [-0.25, -0.2) is 9.37 Å². The zero-order valence-corrected chi connectivity index (χ0v) is 18.9. The molecule has 1 N–H and O–H groups in total. The number of hydrogen-bond donors (Lipinski definition) is 1. The lowest BCUT2D eigenvalue weighted by Crippen LogP contribution is -2.44. The lowest BCUT2D eigenvalue weighted by atomic mass is 9.94. The molecule has 1 aliphatic rings. The van der Waals surface area contributed by atoms with Crippen LogP contribution in [-0.4, -0.2) is 39.4 Å². The van der Waals surface area contributed by atoms with Crippen molar-refractivity contribution in [3.05, 3.63) is 89.3 Å². The van der Waals surface area contributed by atoms with Crippen molar-refractivity contribution in [1.82, 2.24) is 19.8 Å². The highest BCUT2D eigenvalue weighted by molar-refractivity contribution is 5.94. The minimum absolute atomic E-state index is 0.162. The van der Waals surface area contributed by atoms with E-state index < -0.39 is 29.5 Å². The monoisotopic (exact) mass is 488 g/mol. The summed E-state index contributed by atoms with van der Waals surface area (Å²) in [6.45, 7) is 0.565. The first kappa shape index (κ1) is 24.4. The third-order valence-electron chi connectivity index (χ3n) is 6.23. The SMILES string of the molecule is Cn1ccnc1C(NC(=O)C1CCN(C(=O)c2ccc(C(F)(F)F)cc2)CC1)c1ccccc1F. The number of amides is 2. The van der Waals surface area contributed by atoms with Gasteiger partial charge in [-0.05, 0) is 43.2 Å². The topological polar surface area (TPSA) is 67.2 Å². The molecule has 0 spiro atoms. The van der Waals surface area contributed by atoms with Crippen LogP contribution in [0.4, 0.5) is 17.6 Å². The number of piperidine rings is 1. The molecule has 0 radical (unpaired) electrons. The number of alkyl halides is 3. The second-order valence-electron chi connectivity index (χ2n) is 8.50. The Morgan fingerprint density at radius 1 is 1.06 bits per heavy atom. The summed E-state index contributed by atoms with van der Waals surface area (Å²) in [4.78, 5) is 31.6. The highest BCUT2D eigenvalue weighted by Gasteiger charge is 2.33. The van der Waals surface area contributed by atoms with Crippen molar-refractivity contribution in [1.29, 1.82) is 0 Å². The van der Waals surface area contributed by atoms with Crippen molar-refractivity contribution < 1.29 is 27.2 Å². The van der Waals surface area contributed by atoms with E-state index in [4.69, 9.17) is 0 Å². The van der Waals surface area contributed by atoms with E-state index in [2.05, 4.69) is 10.3 Å². The third-order valence-corrected chi connectivity index (χ3v) is 6.23. The number of halogens is 4. The summed E-state index contributed by atoms with van der Waals surface area (Å²) >= 11 is 0. The summed E-state index contributed by atoms with van der Waals surface area (Å²) in [6.07, 6.45) is -0.435. The van der Waals surface area contributed by atoms with Crippen molar-refractivity contribution in [2.75, 3.05) is 13.1 Å². The molecule has 1 aromatic heterocycles.